The van der Waals surface area contributed by atoms with E-state index in [-0.39, 0.29) is 23.1 Å². The molecule has 4 rings (SSSR count). The molecule has 2 aliphatic carbocycles. The Labute approximate surface area is 162 Å². The minimum absolute atomic E-state index is 0. The molecule has 3 nitrogen and oxygen atoms in total. The molecule has 2 saturated carbocycles. The van der Waals surface area contributed by atoms with E-state index in [1.54, 1.807) is 6.42 Å². The van der Waals surface area contributed by atoms with Gasteiger partial charge in [-0.25, -0.2) is 4.99 Å². The summed E-state index contributed by atoms with van der Waals surface area (Å²) in [4.78, 5) is 15.5. The largest absolute Gasteiger partial charge is 0.478 e. The molecule has 10 radical (unpaired) electrons. The van der Waals surface area contributed by atoms with Crippen LogP contribution in [0, 0.1) is 63.2 Å². The topological polar surface area (TPSA) is 38.7 Å². The maximum Gasteiger partial charge on any atom is 0.192 e. The van der Waals surface area contributed by atoms with Gasteiger partial charge in [-0.15, -0.1) is 0 Å². The van der Waals surface area contributed by atoms with Gasteiger partial charge in [-0.05, 0) is 63.4 Å². The van der Waals surface area contributed by atoms with Crippen LogP contribution in [0.4, 0.5) is 0 Å². The third-order valence-corrected chi connectivity index (χ3v) is 3.79. The van der Waals surface area contributed by atoms with E-state index < -0.39 is 0 Å². The van der Waals surface area contributed by atoms with Crippen LogP contribution >= 0.6 is 0 Å². The third kappa shape index (κ3) is 5.97. The number of rotatable bonds is 4. The maximum absolute atomic E-state index is 10.9. The molecular weight excluding hydrogens is 354 g/mol. The Morgan fingerprint density at radius 2 is 1.68 bits per heavy atom. The van der Waals surface area contributed by atoms with E-state index in [0.717, 1.165) is 18.6 Å². The number of hydrogen-bond acceptors (Lipinski definition) is 3. The summed E-state index contributed by atoms with van der Waals surface area (Å²) >= 11 is 0. The fourth-order valence-corrected chi connectivity index (χ4v) is 2.61. The quantitative estimate of drug-likeness (QED) is 0.601. The van der Waals surface area contributed by atoms with Crippen LogP contribution in [-0.2, 0) is 33.0 Å². The van der Waals surface area contributed by atoms with Crippen molar-refractivity contribution < 1.29 is 26.6 Å². The van der Waals surface area contributed by atoms with E-state index in [4.69, 9.17) is 4.74 Å². The van der Waals surface area contributed by atoms with Gasteiger partial charge in [0.25, 0.3) is 0 Å². The Balaban J connectivity index is 0.000000325. The molecule has 0 bridgehead atoms. The number of hydrogen-bond donors (Lipinski definition) is 0. The summed E-state index contributed by atoms with van der Waals surface area (Å²) in [5.41, 5.74) is 1.25. The number of carbonyl (C=O) groups excluding carboxylic acids is 1. The van der Waals surface area contributed by atoms with Gasteiger partial charge in [0.05, 0.1) is 17.9 Å². The van der Waals surface area contributed by atoms with E-state index in [1.165, 1.54) is 5.56 Å². The SMILES string of the molecule is O=C[C]1[CH][CH][CH][C]1C1=NC(Cc2ccccc2)CO1.[CH]1[CH][CH][CH][CH]1.[Fe]. The van der Waals surface area contributed by atoms with E-state index >= 15 is 0 Å². The first-order valence-corrected chi connectivity index (χ1v) is 7.99. The van der Waals surface area contributed by atoms with Crippen molar-refractivity contribution in [2.45, 2.75) is 12.5 Å². The summed E-state index contributed by atoms with van der Waals surface area (Å²) in [6.45, 7) is 0.577. The zero-order valence-corrected chi connectivity index (χ0v) is 14.8. The first-order chi connectivity index (χ1) is 11.9. The number of aliphatic imine (C=N–C) groups is 1. The van der Waals surface area contributed by atoms with Crippen LogP contribution in [0.2, 0.25) is 0 Å². The molecule has 2 fully saturated rings. The summed E-state index contributed by atoms with van der Waals surface area (Å²) in [6, 6.07) is 10.4. The molecule has 1 atom stereocenters. The van der Waals surface area contributed by atoms with E-state index in [1.807, 2.05) is 63.1 Å². The maximum atomic E-state index is 10.9. The van der Waals surface area contributed by atoms with Crippen molar-refractivity contribution in [1.82, 2.24) is 0 Å². The fourth-order valence-electron chi connectivity index (χ4n) is 2.61. The predicted molar refractivity (Wildman–Crippen MR) is 94.3 cm³/mol. The molecular formula is C21H19FeNO2. The number of benzene rings is 1. The van der Waals surface area contributed by atoms with Crippen LogP contribution in [0.1, 0.15) is 5.56 Å². The second kappa shape index (κ2) is 10.8. The molecule has 1 aromatic rings. The van der Waals surface area contributed by atoms with E-state index in [9.17, 15) is 4.79 Å². The molecule has 1 heterocycles. The number of aldehydes is 1. The van der Waals surface area contributed by atoms with Crippen molar-refractivity contribution in [1.29, 1.82) is 0 Å². The standard InChI is InChI=1S/C16H14NO2.C5H5.Fe/c18-10-13-7-4-8-15(13)16-17-14(11-19-16)9-12-5-2-1-3-6-12;1-2-4-5-3-1;/h1-8,10,14H,9,11H2;1-5H;. The van der Waals surface area contributed by atoms with Gasteiger partial charge in [0.15, 0.2) is 5.90 Å². The van der Waals surface area contributed by atoms with Gasteiger partial charge >= 0.3 is 0 Å². The van der Waals surface area contributed by atoms with Gasteiger partial charge in [-0.1, -0.05) is 30.3 Å². The van der Waals surface area contributed by atoms with Crippen molar-refractivity contribution in [2.24, 2.45) is 4.99 Å². The minimum Gasteiger partial charge on any atom is -0.478 e. The summed E-state index contributed by atoms with van der Waals surface area (Å²) in [5, 5.41) is 0. The molecule has 1 aliphatic heterocycles. The summed E-state index contributed by atoms with van der Waals surface area (Å²) < 4.78 is 5.62. The molecule has 25 heavy (non-hydrogen) atoms. The number of carbonyl (C=O) groups is 1. The predicted octanol–water partition coefficient (Wildman–Crippen LogP) is 3.02. The van der Waals surface area contributed by atoms with Gasteiger partial charge in [-0.3, -0.25) is 0 Å². The van der Waals surface area contributed by atoms with Crippen molar-refractivity contribution in [3.05, 3.63) is 99.1 Å². The van der Waals surface area contributed by atoms with E-state index in [2.05, 4.69) is 17.1 Å². The van der Waals surface area contributed by atoms with Gasteiger partial charge in [-0.2, -0.15) is 0 Å². The molecule has 3 aliphatic rings. The van der Waals surface area contributed by atoms with E-state index in [0.29, 0.717) is 18.4 Å². The Morgan fingerprint density at radius 3 is 2.32 bits per heavy atom. The van der Waals surface area contributed by atoms with Gasteiger partial charge in [0, 0.05) is 17.1 Å². The van der Waals surface area contributed by atoms with Crippen LogP contribution in [-0.4, -0.2) is 24.8 Å². The number of nitrogens with zero attached hydrogens (tertiary/aromatic N) is 1. The molecule has 0 saturated heterocycles. The van der Waals surface area contributed by atoms with Crippen LogP contribution in [0.25, 0.3) is 0 Å². The molecule has 128 valence electrons. The van der Waals surface area contributed by atoms with Crippen LogP contribution < -0.4 is 0 Å². The van der Waals surface area contributed by atoms with Crippen molar-refractivity contribution in [3.8, 4) is 0 Å². The first kappa shape index (κ1) is 20.2. The second-order valence-corrected chi connectivity index (χ2v) is 5.56. The normalized spacial score (nSPS) is 23.2. The Kier molecular flexibility index (Phi) is 8.71. The summed E-state index contributed by atoms with van der Waals surface area (Å²) in [5.74, 6) is 2.03. The number of ether oxygens (including phenoxy) is 1. The Bertz CT molecular complexity index is 534. The molecule has 0 amide bonds. The smallest absolute Gasteiger partial charge is 0.192 e. The van der Waals surface area contributed by atoms with Crippen LogP contribution in [0.5, 0.6) is 0 Å². The van der Waals surface area contributed by atoms with Crippen LogP contribution in [0.15, 0.2) is 35.3 Å². The third-order valence-electron chi connectivity index (χ3n) is 3.79. The average molecular weight is 373 g/mol. The van der Waals surface area contributed by atoms with Gasteiger partial charge in [0.1, 0.15) is 12.9 Å². The molecule has 0 aromatic heterocycles. The molecule has 1 aromatic carbocycles. The van der Waals surface area contributed by atoms with Crippen molar-refractivity contribution in [2.75, 3.05) is 6.61 Å². The molecule has 0 spiro atoms. The van der Waals surface area contributed by atoms with Gasteiger partial charge < -0.3 is 9.53 Å². The fraction of sp³-hybridized carbons (Fsp3) is 0.143. The van der Waals surface area contributed by atoms with Crippen molar-refractivity contribution in [3.63, 3.8) is 0 Å². The zero-order chi connectivity index (χ0) is 16.6. The Hall–Kier alpha value is -1.12. The monoisotopic (exact) mass is 373 g/mol. The molecule has 0 N–H and O–H groups in total. The molecule has 4 heteroatoms. The van der Waals surface area contributed by atoms with Crippen LogP contribution in [0.3, 0.4) is 0 Å². The summed E-state index contributed by atoms with van der Waals surface area (Å²) in [7, 11) is 0. The first-order valence-electron chi connectivity index (χ1n) is 7.99. The average Bonchev–Trinajstić information content (AvgIpc) is 3.38. The second-order valence-electron chi connectivity index (χ2n) is 5.56. The van der Waals surface area contributed by atoms with Gasteiger partial charge in [0.2, 0.25) is 0 Å². The molecule has 1 unspecified atom stereocenters. The Morgan fingerprint density at radius 1 is 1.00 bits per heavy atom. The summed E-state index contributed by atoms with van der Waals surface area (Å²) in [6.07, 6.45) is 17.2. The minimum atomic E-state index is 0. The van der Waals surface area contributed by atoms with Crippen molar-refractivity contribution >= 4 is 12.2 Å². The zero-order valence-electron chi connectivity index (χ0n) is 13.7.